The number of halogens is 1. The van der Waals surface area contributed by atoms with Gasteiger partial charge < -0.3 is 20.3 Å². The number of aliphatic carboxylic acids is 1. The molecule has 0 radical (unpaired) electrons. The Morgan fingerprint density at radius 1 is 1.11 bits per heavy atom. The first-order valence-corrected chi connectivity index (χ1v) is 10.4. The van der Waals surface area contributed by atoms with Crippen molar-refractivity contribution in [3.8, 4) is 11.5 Å². The van der Waals surface area contributed by atoms with Crippen LogP contribution in [0.4, 0.5) is 0 Å². The maximum atomic E-state index is 13.0. The third-order valence-corrected chi connectivity index (χ3v) is 6.59. The van der Waals surface area contributed by atoms with E-state index in [4.69, 9.17) is 26.8 Å². The highest BCUT2D eigenvalue weighted by Crippen LogP contribution is 2.28. The Balaban J connectivity index is 2.30. The molecule has 2 aromatic rings. The van der Waals surface area contributed by atoms with Crippen molar-refractivity contribution in [2.24, 2.45) is 5.73 Å². The van der Waals surface area contributed by atoms with Crippen LogP contribution in [0, 0.1) is 0 Å². The zero-order valence-electron chi connectivity index (χ0n) is 15.3. The lowest BCUT2D eigenvalue weighted by molar-refractivity contribution is -0.140. The Morgan fingerprint density at radius 3 is 2.18 bits per heavy atom. The van der Waals surface area contributed by atoms with Gasteiger partial charge in [-0.05, 0) is 48.4 Å². The van der Waals surface area contributed by atoms with Crippen LogP contribution in [-0.4, -0.2) is 44.0 Å². The minimum atomic E-state index is -4.39. The molecule has 0 spiro atoms. The van der Waals surface area contributed by atoms with Crippen LogP contribution in [0.15, 0.2) is 53.4 Å². The number of rotatable bonds is 10. The summed E-state index contributed by atoms with van der Waals surface area (Å²) in [5, 5.41) is 9.62. The van der Waals surface area contributed by atoms with Crippen LogP contribution in [0.25, 0.3) is 0 Å². The second-order valence-corrected chi connectivity index (χ2v) is 8.67. The molecule has 0 aliphatic rings. The van der Waals surface area contributed by atoms with Crippen LogP contribution >= 0.6 is 11.6 Å². The van der Waals surface area contributed by atoms with Crippen molar-refractivity contribution in [3.63, 3.8) is 0 Å². The predicted octanol–water partition coefficient (Wildman–Crippen LogP) is 2.46. The summed E-state index contributed by atoms with van der Waals surface area (Å²) in [4.78, 5) is 9.12. The molecule has 0 heterocycles. The molecule has 0 aromatic heterocycles. The summed E-state index contributed by atoms with van der Waals surface area (Å²) in [6.45, 7) is 0.392. The molecular formula is C19H22ClNO6S. The molecular weight excluding hydrogens is 406 g/mol. The Hall–Kier alpha value is -2.29. The number of carbonyl (C=O) groups is 1. The molecule has 1 atom stereocenters. The molecule has 0 saturated carbocycles. The second-order valence-electron chi connectivity index (χ2n) is 6.09. The summed E-state index contributed by atoms with van der Waals surface area (Å²) in [6.07, 6.45) is 0.247. The molecule has 28 heavy (non-hydrogen) atoms. The van der Waals surface area contributed by atoms with Crippen LogP contribution in [0.3, 0.4) is 0 Å². The van der Waals surface area contributed by atoms with E-state index in [-0.39, 0.29) is 4.90 Å². The van der Waals surface area contributed by atoms with Crippen LogP contribution in [0.1, 0.15) is 12.0 Å². The number of methoxy groups -OCH3 is 1. The van der Waals surface area contributed by atoms with E-state index in [1.165, 1.54) is 31.4 Å². The molecule has 2 rings (SSSR count). The molecule has 0 saturated heterocycles. The molecule has 0 bridgehead atoms. The van der Waals surface area contributed by atoms with Gasteiger partial charge in [-0.15, -0.1) is 11.6 Å². The van der Waals surface area contributed by atoms with Crippen molar-refractivity contribution < 1.29 is 27.8 Å². The normalized spacial score (nSPS) is 13.5. The lowest BCUT2D eigenvalue weighted by Crippen LogP contribution is -2.56. The molecule has 0 fully saturated rings. The van der Waals surface area contributed by atoms with E-state index >= 15 is 0 Å². The van der Waals surface area contributed by atoms with Gasteiger partial charge in [-0.1, -0.05) is 12.1 Å². The summed E-state index contributed by atoms with van der Waals surface area (Å²) in [7, 11) is -2.89. The summed E-state index contributed by atoms with van der Waals surface area (Å²) >= 11 is 5.58. The van der Waals surface area contributed by atoms with Crippen molar-refractivity contribution in [2.45, 2.75) is 22.6 Å². The minimum absolute atomic E-state index is 0.199. The number of ether oxygens (including phenoxy) is 2. The predicted molar refractivity (Wildman–Crippen MR) is 106 cm³/mol. The quantitative estimate of drug-likeness (QED) is 0.442. The lowest BCUT2D eigenvalue weighted by Gasteiger charge is -2.25. The first-order valence-electron chi connectivity index (χ1n) is 8.43. The van der Waals surface area contributed by atoms with Gasteiger partial charge in [0.2, 0.25) is 14.7 Å². The zero-order valence-corrected chi connectivity index (χ0v) is 16.9. The van der Waals surface area contributed by atoms with Crippen molar-refractivity contribution in [1.29, 1.82) is 0 Å². The summed E-state index contributed by atoms with van der Waals surface area (Å²) in [6, 6.07) is 11.8. The van der Waals surface area contributed by atoms with Crippen molar-refractivity contribution in [3.05, 3.63) is 54.1 Å². The number of carboxylic acids is 1. The number of sulfone groups is 1. The number of hydrogen-bond donors (Lipinski definition) is 2. The third-order valence-electron chi connectivity index (χ3n) is 4.15. The van der Waals surface area contributed by atoms with Gasteiger partial charge in [0.25, 0.3) is 0 Å². The van der Waals surface area contributed by atoms with Gasteiger partial charge in [-0.25, -0.2) is 13.2 Å². The number of nitrogens with two attached hydrogens (primary N) is 1. The monoisotopic (exact) mass is 427 g/mol. The summed E-state index contributed by atoms with van der Waals surface area (Å²) < 4.78 is 36.5. The van der Waals surface area contributed by atoms with Crippen molar-refractivity contribution in [2.75, 3.05) is 19.6 Å². The van der Waals surface area contributed by atoms with Gasteiger partial charge in [0.05, 0.1) is 18.6 Å². The van der Waals surface area contributed by atoms with E-state index in [0.29, 0.717) is 36.0 Å². The zero-order chi connectivity index (χ0) is 20.8. The average Bonchev–Trinajstić information content (AvgIpc) is 2.69. The number of hydrogen-bond acceptors (Lipinski definition) is 6. The molecule has 0 aliphatic carbocycles. The summed E-state index contributed by atoms with van der Waals surface area (Å²) in [5.74, 6) is -0.163. The Morgan fingerprint density at radius 2 is 1.68 bits per heavy atom. The van der Waals surface area contributed by atoms with Gasteiger partial charge in [0.1, 0.15) is 11.5 Å². The minimum Gasteiger partial charge on any atom is -0.497 e. The van der Waals surface area contributed by atoms with Crippen LogP contribution in [0.5, 0.6) is 11.5 Å². The van der Waals surface area contributed by atoms with Gasteiger partial charge in [0, 0.05) is 12.3 Å². The third kappa shape index (κ3) is 4.76. The molecule has 9 heteroatoms. The molecule has 3 N–H and O–H groups in total. The van der Waals surface area contributed by atoms with Crippen LogP contribution < -0.4 is 15.2 Å². The fourth-order valence-corrected chi connectivity index (χ4v) is 4.11. The fraction of sp³-hybridized carbons (Fsp3) is 0.316. The van der Waals surface area contributed by atoms with Crippen molar-refractivity contribution >= 4 is 27.4 Å². The Kier molecular flexibility index (Phi) is 7.29. The molecule has 152 valence electrons. The average molecular weight is 428 g/mol. The van der Waals surface area contributed by atoms with E-state index in [0.717, 1.165) is 0 Å². The Labute approximate surface area is 168 Å². The van der Waals surface area contributed by atoms with E-state index < -0.39 is 27.1 Å². The van der Waals surface area contributed by atoms with Crippen LogP contribution in [0.2, 0.25) is 0 Å². The molecule has 0 aliphatic heterocycles. The first-order chi connectivity index (χ1) is 13.2. The highest BCUT2D eigenvalue weighted by Gasteiger charge is 2.48. The van der Waals surface area contributed by atoms with Gasteiger partial charge in [-0.3, -0.25) is 0 Å². The SMILES string of the molecule is COc1ccc(CC(N)(C(=O)O)S(=O)(=O)c2ccc(OCCCCl)cc2)cc1. The molecule has 7 nitrogen and oxygen atoms in total. The maximum Gasteiger partial charge on any atom is 0.340 e. The van der Waals surface area contributed by atoms with E-state index in [1.807, 2.05) is 0 Å². The number of alkyl halides is 1. The van der Waals surface area contributed by atoms with Crippen molar-refractivity contribution in [1.82, 2.24) is 0 Å². The van der Waals surface area contributed by atoms with Gasteiger partial charge in [0.15, 0.2) is 0 Å². The van der Waals surface area contributed by atoms with E-state index in [2.05, 4.69) is 0 Å². The molecule has 0 amide bonds. The lowest BCUT2D eigenvalue weighted by atomic mass is 10.1. The second kappa shape index (κ2) is 9.27. The standard InChI is InChI=1S/C19H22ClNO6S/c1-26-15-5-3-14(4-6-15)13-19(21,18(22)23)28(24,25)17-9-7-16(8-10-17)27-12-2-11-20/h3-10H,2,11-13,21H2,1H3,(H,22,23). The maximum absolute atomic E-state index is 13.0. The van der Waals surface area contributed by atoms with Gasteiger partial charge in [-0.2, -0.15) is 0 Å². The number of carboxylic acid groups (broad SMARTS) is 1. The molecule has 1 unspecified atom stereocenters. The highest BCUT2D eigenvalue weighted by molar-refractivity contribution is 7.93. The topological polar surface area (TPSA) is 116 Å². The summed E-state index contributed by atoms with van der Waals surface area (Å²) in [5.41, 5.74) is 6.38. The fourth-order valence-electron chi connectivity index (χ4n) is 2.50. The van der Waals surface area contributed by atoms with Crippen LogP contribution in [-0.2, 0) is 21.1 Å². The van der Waals surface area contributed by atoms with E-state index in [9.17, 15) is 18.3 Å². The Bertz CT molecular complexity index is 899. The highest BCUT2D eigenvalue weighted by atomic mass is 35.5. The smallest absolute Gasteiger partial charge is 0.340 e. The first kappa shape index (κ1) is 22.0. The number of benzene rings is 2. The van der Waals surface area contributed by atoms with E-state index in [1.54, 1.807) is 24.3 Å². The largest absolute Gasteiger partial charge is 0.497 e. The molecule has 2 aromatic carbocycles. The van der Waals surface area contributed by atoms with Gasteiger partial charge >= 0.3 is 5.97 Å².